The predicted octanol–water partition coefficient (Wildman–Crippen LogP) is 4.67. The quantitative estimate of drug-likeness (QED) is 0.670. The van der Waals surface area contributed by atoms with Crippen molar-refractivity contribution >= 4 is 10.8 Å². The Balaban J connectivity index is 1.63. The number of hydrogen-bond acceptors (Lipinski definition) is 2. The van der Waals surface area contributed by atoms with E-state index in [1.165, 1.54) is 21.9 Å². The summed E-state index contributed by atoms with van der Waals surface area (Å²) in [5.74, 6) is 0. The van der Waals surface area contributed by atoms with Gasteiger partial charge in [-0.25, -0.2) is 0 Å². The van der Waals surface area contributed by atoms with Crippen molar-refractivity contribution in [2.45, 2.75) is 38.0 Å². The number of nitrogens with one attached hydrogen (secondary N) is 1. The summed E-state index contributed by atoms with van der Waals surface area (Å²) in [4.78, 5) is 0. The summed E-state index contributed by atoms with van der Waals surface area (Å²) >= 11 is 0. The van der Waals surface area contributed by atoms with Crippen LogP contribution in [0, 0.1) is 0 Å². The molecule has 2 nitrogen and oxygen atoms in total. The minimum absolute atomic E-state index is 0.0930. The predicted molar refractivity (Wildman–Crippen MR) is 98.8 cm³/mol. The third kappa shape index (κ3) is 2.72. The van der Waals surface area contributed by atoms with Gasteiger partial charge >= 0.3 is 0 Å². The first-order valence-electron chi connectivity index (χ1n) is 8.75. The largest absolute Gasteiger partial charge is 0.374 e. The normalized spacial score (nSPS) is 16.9. The van der Waals surface area contributed by atoms with Crippen LogP contribution >= 0.6 is 0 Å². The molecular formula is C22H23NO. The zero-order valence-electron chi connectivity index (χ0n) is 14.0. The van der Waals surface area contributed by atoms with E-state index in [0.29, 0.717) is 0 Å². The highest BCUT2D eigenvalue weighted by molar-refractivity contribution is 5.83. The lowest BCUT2D eigenvalue weighted by Gasteiger charge is -2.24. The van der Waals surface area contributed by atoms with Gasteiger partial charge in [0, 0.05) is 5.54 Å². The van der Waals surface area contributed by atoms with Crippen LogP contribution in [0.25, 0.3) is 10.8 Å². The lowest BCUT2D eigenvalue weighted by atomic mass is 9.98. The molecular weight excluding hydrogens is 294 g/mol. The van der Waals surface area contributed by atoms with Gasteiger partial charge in [-0.3, -0.25) is 5.32 Å². The molecule has 0 aromatic heterocycles. The molecule has 3 aromatic rings. The summed E-state index contributed by atoms with van der Waals surface area (Å²) in [7, 11) is 0. The van der Waals surface area contributed by atoms with Gasteiger partial charge in [0.2, 0.25) is 0 Å². The molecule has 1 aliphatic carbocycles. The number of aliphatic hydroxyl groups excluding tert-OH is 1. The molecule has 0 amide bonds. The van der Waals surface area contributed by atoms with Crippen LogP contribution in [0.1, 0.15) is 42.7 Å². The van der Waals surface area contributed by atoms with Gasteiger partial charge in [-0.15, -0.1) is 0 Å². The second-order valence-electron chi connectivity index (χ2n) is 6.74. The molecule has 2 N–H and O–H groups in total. The monoisotopic (exact) mass is 317 g/mol. The highest BCUT2D eigenvalue weighted by Gasteiger charge is 2.45. The van der Waals surface area contributed by atoms with E-state index in [1.807, 2.05) is 18.2 Å². The maximum Gasteiger partial charge on any atom is 0.132 e. The van der Waals surface area contributed by atoms with Crippen LogP contribution in [-0.4, -0.2) is 5.11 Å². The van der Waals surface area contributed by atoms with Crippen LogP contribution in [0.3, 0.4) is 0 Å². The lowest BCUT2D eigenvalue weighted by molar-refractivity contribution is 0.116. The van der Waals surface area contributed by atoms with E-state index in [2.05, 4.69) is 60.8 Å². The highest BCUT2D eigenvalue weighted by Crippen LogP contribution is 2.47. The fourth-order valence-electron chi connectivity index (χ4n) is 3.59. The number of rotatable bonds is 5. The molecule has 0 aliphatic heterocycles. The second kappa shape index (κ2) is 6.04. The summed E-state index contributed by atoms with van der Waals surface area (Å²) in [5.41, 5.74) is 3.37. The average molecular weight is 317 g/mol. The Labute approximate surface area is 143 Å². The molecule has 4 rings (SSSR count). The number of aryl methyl sites for hydroxylation is 1. The van der Waals surface area contributed by atoms with Crippen molar-refractivity contribution in [2.75, 3.05) is 0 Å². The van der Waals surface area contributed by atoms with Crippen LogP contribution in [0.2, 0.25) is 0 Å². The molecule has 1 aliphatic rings. The zero-order valence-corrected chi connectivity index (χ0v) is 14.0. The van der Waals surface area contributed by atoms with E-state index in [1.54, 1.807) is 0 Å². The van der Waals surface area contributed by atoms with Crippen molar-refractivity contribution in [3.8, 4) is 0 Å². The molecule has 2 heteroatoms. The van der Waals surface area contributed by atoms with Crippen molar-refractivity contribution in [2.24, 2.45) is 0 Å². The van der Waals surface area contributed by atoms with Gasteiger partial charge in [-0.2, -0.15) is 0 Å². The van der Waals surface area contributed by atoms with Crippen LogP contribution in [0.5, 0.6) is 0 Å². The molecule has 0 spiro atoms. The van der Waals surface area contributed by atoms with E-state index in [4.69, 9.17) is 0 Å². The van der Waals surface area contributed by atoms with Crippen LogP contribution < -0.4 is 5.32 Å². The van der Waals surface area contributed by atoms with Gasteiger partial charge in [0.25, 0.3) is 0 Å². The summed E-state index contributed by atoms with van der Waals surface area (Å²) < 4.78 is 0. The van der Waals surface area contributed by atoms with Crippen molar-refractivity contribution in [3.63, 3.8) is 0 Å². The van der Waals surface area contributed by atoms with Gasteiger partial charge < -0.3 is 5.11 Å². The van der Waals surface area contributed by atoms with Gasteiger partial charge in [-0.05, 0) is 52.8 Å². The van der Waals surface area contributed by atoms with E-state index in [-0.39, 0.29) is 5.54 Å². The lowest BCUT2D eigenvalue weighted by Crippen LogP contribution is -2.33. The van der Waals surface area contributed by atoms with Gasteiger partial charge in [-0.1, -0.05) is 67.6 Å². The standard InChI is InChI=1S/C22H23NO/c1-2-16-7-5-6-10-20(16)21(24)23-22(13-14-22)19-12-11-17-8-3-4-9-18(17)15-19/h3-12,15,21,23-24H,2,13-14H2,1H3. The molecule has 1 atom stereocenters. The minimum Gasteiger partial charge on any atom is -0.374 e. The molecule has 0 bridgehead atoms. The average Bonchev–Trinajstić information content (AvgIpc) is 3.42. The Kier molecular flexibility index (Phi) is 3.87. The Morgan fingerprint density at radius 1 is 0.958 bits per heavy atom. The Bertz CT molecular complexity index is 866. The van der Waals surface area contributed by atoms with E-state index in [9.17, 15) is 5.11 Å². The van der Waals surface area contributed by atoms with E-state index >= 15 is 0 Å². The Morgan fingerprint density at radius 2 is 1.67 bits per heavy atom. The number of aliphatic hydroxyl groups is 1. The van der Waals surface area contributed by atoms with Crippen molar-refractivity contribution < 1.29 is 5.11 Å². The van der Waals surface area contributed by atoms with E-state index in [0.717, 1.165) is 24.8 Å². The molecule has 0 radical (unpaired) electrons. The first-order valence-corrected chi connectivity index (χ1v) is 8.75. The van der Waals surface area contributed by atoms with Gasteiger partial charge in [0.15, 0.2) is 0 Å². The first-order chi connectivity index (χ1) is 11.7. The van der Waals surface area contributed by atoms with Gasteiger partial charge in [0.1, 0.15) is 6.23 Å². The third-order valence-corrected chi connectivity index (χ3v) is 5.20. The SMILES string of the molecule is CCc1ccccc1C(O)NC1(c2ccc3ccccc3c2)CC1. The maximum atomic E-state index is 10.8. The zero-order chi connectivity index (χ0) is 16.6. The summed E-state index contributed by atoms with van der Waals surface area (Å²) in [6.07, 6.45) is 2.43. The second-order valence-corrected chi connectivity index (χ2v) is 6.74. The first kappa shape index (κ1) is 15.4. The molecule has 1 unspecified atom stereocenters. The molecule has 1 saturated carbocycles. The summed E-state index contributed by atoms with van der Waals surface area (Å²) in [6, 6.07) is 23.2. The molecule has 24 heavy (non-hydrogen) atoms. The molecule has 3 aromatic carbocycles. The van der Waals surface area contributed by atoms with Crippen LogP contribution in [0.4, 0.5) is 0 Å². The Hall–Kier alpha value is -2.16. The Morgan fingerprint density at radius 3 is 2.42 bits per heavy atom. The highest BCUT2D eigenvalue weighted by atomic mass is 16.3. The van der Waals surface area contributed by atoms with Gasteiger partial charge in [0.05, 0.1) is 0 Å². The van der Waals surface area contributed by atoms with Crippen molar-refractivity contribution in [3.05, 3.63) is 83.4 Å². The van der Waals surface area contributed by atoms with Crippen LogP contribution in [0.15, 0.2) is 66.7 Å². The molecule has 1 fully saturated rings. The van der Waals surface area contributed by atoms with E-state index < -0.39 is 6.23 Å². The third-order valence-electron chi connectivity index (χ3n) is 5.20. The summed E-state index contributed by atoms with van der Waals surface area (Å²) in [6.45, 7) is 2.13. The number of hydrogen-bond donors (Lipinski definition) is 2. The fourth-order valence-corrected chi connectivity index (χ4v) is 3.59. The molecule has 0 saturated heterocycles. The number of benzene rings is 3. The topological polar surface area (TPSA) is 32.3 Å². The maximum absolute atomic E-state index is 10.8. The smallest absolute Gasteiger partial charge is 0.132 e. The number of fused-ring (bicyclic) bond motifs is 1. The minimum atomic E-state index is -0.630. The fraction of sp³-hybridized carbons (Fsp3) is 0.273. The van der Waals surface area contributed by atoms with Crippen molar-refractivity contribution in [1.82, 2.24) is 5.32 Å². The summed E-state index contributed by atoms with van der Waals surface area (Å²) in [5, 5.41) is 16.8. The molecule has 0 heterocycles. The molecule has 122 valence electrons. The van der Waals surface area contributed by atoms with Crippen LogP contribution in [-0.2, 0) is 12.0 Å². The van der Waals surface area contributed by atoms with Crippen molar-refractivity contribution in [1.29, 1.82) is 0 Å².